The maximum absolute atomic E-state index is 13.1. The van der Waals surface area contributed by atoms with E-state index in [-0.39, 0.29) is 6.42 Å². The van der Waals surface area contributed by atoms with Crippen LogP contribution in [0.1, 0.15) is 206 Å². The van der Waals surface area contributed by atoms with Crippen molar-refractivity contribution in [3.05, 3.63) is 48.6 Å². The highest BCUT2D eigenvalue weighted by atomic mass is 32.3. The second kappa shape index (κ2) is 41.0. The Hall–Kier alpha value is -1.98. The van der Waals surface area contributed by atoms with Gasteiger partial charge in [-0.25, -0.2) is 4.18 Å². The summed E-state index contributed by atoms with van der Waals surface area (Å²) >= 11 is 0. The van der Waals surface area contributed by atoms with Crippen LogP contribution in [0.3, 0.4) is 0 Å². The Balaban J connectivity index is 2.52. The first kappa shape index (κ1) is 61.0. The van der Waals surface area contributed by atoms with Crippen LogP contribution in [-0.4, -0.2) is 107 Å². The lowest BCUT2D eigenvalue weighted by Gasteiger charge is -2.41. The van der Waals surface area contributed by atoms with Crippen molar-refractivity contribution < 1.29 is 57.0 Å². The fraction of sp³-hybridized carbons (Fsp3) is 0.824. The molecule has 0 aromatic carbocycles. The normalized spacial score (nSPS) is 21.0. The van der Waals surface area contributed by atoms with Crippen LogP contribution in [0.25, 0.3) is 0 Å². The van der Waals surface area contributed by atoms with E-state index in [2.05, 4.69) is 59.8 Å². The highest BCUT2D eigenvalue weighted by Gasteiger charge is 2.48. The smallest absolute Gasteiger partial charge is 0.394 e. The predicted molar refractivity (Wildman–Crippen MR) is 260 cm³/mol. The number of carbonyl (C=O) groups excluding carboxylic acids is 1. The van der Waals surface area contributed by atoms with E-state index in [0.29, 0.717) is 12.8 Å². The highest BCUT2D eigenvalue weighted by molar-refractivity contribution is 7.80. The molecule has 0 aromatic rings. The third-order valence-corrected chi connectivity index (χ3v) is 12.4. The summed E-state index contributed by atoms with van der Waals surface area (Å²) in [4.78, 5) is 13.1. The molecule has 7 N–H and O–H groups in total. The average Bonchev–Trinajstić information content (AvgIpc) is 3.28. The summed E-state index contributed by atoms with van der Waals surface area (Å²) < 4.78 is 47.6. The number of unbranched alkanes of at least 4 members (excludes halogenated alkanes) is 24. The van der Waals surface area contributed by atoms with Gasteiger partial charge in [0.25, 0.3) is 0 Å². The van der Waals surface area contributed by atoms with Crippen LogP contribution in [-0.2, 0) is 28.9 Å². The number of hydrogen-bond donors (Lipinski definition) is 7. The first-order chi connectivity index (χ1) is 31.4. The Morgan fingerprint density at radius 3 is 1.57 bits per heavy atom. The van der Waals surface area contributed by atoms with Gasteiger partial charge in [-0.15, -0.1) is 0 Å². The van der Waals surface area contributed by atoms with Crippen molar-refractivity contribution in [1.29, 1.82) is 0 Å². The fourth-order valence-electron chi connectivity index (χ4n) is 7.86. The molecule has 1 amide bonds. The second-order valence-electron chi connectivity index (χ2n) is 17.9. The molecule has 13 nitrogen and oxygen atoms in total. The summed E-state index contributed by atoms with van der Waals surface area (Å²) in [6, 6.07) is -1.14. The number of rotatable bonds is 43. The Labute approximate surface area is 394 Å². The Kier molecular flexibility index (Phi) is 38.5. The predicted octanol–water partition coefficient (Wildman–Crippen LogP) is 9.80. The van der Waals surface area contributed by atoms with Crippen LogP contribution in [0, 0.1) is 0 Å². The quantitative estimate of drug-likeness (QED) is 0.0173. The first-order valence-electron chi connectivity index (χ1n) is 25.6. The van der Waals surface area contributed by atoms with Crippen LogP contribution in [0.4, 0.5) is 0 Å². The zero-order valence-corrected chi connectivity index (χ0v) is 41.2. The molecule has 8 atom stereocenters. The van der Waals surface area contributed by atoms with Gasteiger partial charge in [0.2, 0.25) is 5.91 Å². The number of amides is 1. The zero-order chi connectivity index (χ0) is 47.8. The molecular formula is C51H93NO12S. The summed E-state index contributed by atoms with van der Waals surface area (Å²) in [5, 5.41) is 55.3. The summed E-state index contributed by atoms with van der Waals surface area (Å²) in [5.41, 5.74) is 0. The van der Waals surface area contributed by atoms with E-state index in [9.17, 15) is 43.3 Å². The largest absolute Gasteiger partial charge is 0.397 e. The molecule has 0 bridgehead atoms. The van der Waals surface area contributed by atoms with Gasteiger partial charge >= 0.3 is 10.4 Å². The number of nitrogens with one attached hydrogen (secondary N) is 1. The van der Waals surface area contributed by atoms with Crippen molar-refractivity contribution >= 4 is 16.3 Å². The summed E-state index contributed by atoms with van der Waals surface area (Å²) in [6.45, 7) is 3.19. The lowest BCUT2D eigenvalue weighted by atomic mass is 9.99. The third kappa shape index (κ3) is 33.2. The maximum atomic E-state index is 13.1. The molecule has 1 rings (SSSR count). The molecule has 14 heteroatoms. The van der Waals surface area contributed by atoms with Gasteiger partial charge in [0.05, 0.1) is 25.4 Å². The van der Waals surface area contributed by atoms with Crippen molar-refractivity contribution in [2.45, 2.75) is 255 Å². The van der Waals surface area contributed by atoms with E-state index in [1.54, 1.807) is 6.08 Å². The number of aliphatic hydroxyl groups excluding tert-OH is 5. The van der Waals surface area contributed by atoms with Crippen molar-refractivity contribution in [1.82, 2.24) is 5.32 Å². The van der Waals surface area contributed by atoms with Crippen LogP contribution < -0.4 is 5.32 Å². The van der Waals surface area contributed by atoms with Crippen LogP contribution in [0.5, 0.6) is 0 Å². The average molecular weight is 944 g/mol. The number of aliphatic hydroxyl groups is 5. The zero-order valence-electron chi connectivity index (χ0n) is 40.4. The molecular weight excluding hydrogens is 851 g/mol. The van der Waals surface area contributed by atoms with Crippen LogP contribution in [0.15, 0.2) is 48.6 Å². The second-order valence-corrected chi connectivity index (χ2v) is 18.9. The molecule has 1 aliphatic heterocycles. The van der Waals surface area contributed by atoms with Crippen molar-refractivity contribution in [3.63, 3.8) is 0 Å². The van der Waals surface area contributed by atoms with E-state index in [0.717, 1.165) is 64.2 Å². The molecule has 1 saturated heterocycles. The lowest BCUT2D eigenvalue weighted by molar-refractivity contribution is -0.298. The molecule has 0 saturated carbocycles. The maximum Gasteiger partial charge on any atom is 0.397 e. The standard InChI is InChI=1S/C51H93NO12S/c1-3-5-7-9-11-13-15-17-19-20-21-22-23-24-25-26-28-30-32-34-36-38-40-45(55)50(58)52-43(42-62-51-48(57)49(64-65(59,60)61)47(56)46(41-53)63-51)44(54)39-37-35-33-31-29-27-18-16-14-12-10-8-6-4-2/h21-22,24-25,29,31,37,39,43-49,51,53-57H,3-20,23,26-28,30,32-36,38,40-42H2,1-2H3,(H,52,58)(H,59,60,61)/b22-21-,25-24-,31-29+,39-37+. The molecule has 0 aromatic heterocycles. The first-order valence-corrected chi connectivity index (χ1v) is 27.0. The molecule has 1 heterocycles. The monoisotopic (exact) mass is 944 g/mol. The summed E-state index contributed by atoms with van der Waals surface area (Å²) in [7, 11) is -5.13. The minimum absolute atomic E-state index is 0.223. The number of ether oxygens (including phenoxy) is 2. The van der Waals surface area contributed by atoms with Gasteiger partial charge in [-0.05, 0) is 64.2 Å². The molecule has 0 radical (unpaired) electrons. The fourth-order valence-corrected chi connectivity index (χ4v) is 8.37. The van der Waals surface area contributed by atoms with E-state index in [1.807, 2.05) is 0 Å². The molecule has 1 aliphatic rings. The topological polar surface area (TPSA) is 212 Å². The highest BCUT2D eigenvalue weighted by Crippen LogP contribution is 2.26. The third-order valence-electron chi connectivity index (χ3n) is 11.9. The Morgan fingerprint density at radius 1 is 0.631 bits per heavy atom. The number of allylic oxidation sites excluding steroid dienone is 7. The van der Waals surface area contributed by atoms with Gasteiger partial charge in [-0.1, -0.05) is 191 Å². The summed E-state index contributed by atoms with van der Waals surface area (Å²) in [6.07, 6.45) is 39.1. The van der Waals surface area contributed by atoms with Crippen LogP contribution in [0.2, 0.25) is 0 Å². The van der Waals surface area contributed by atoms with Crippen molar-refractivity contribution in [3.8, 4) is 0 Å². The lowest BCUT2D eigenvalue weighted by Crippen LogP contribution is -2.61. The molecule has 0 spiro atoms. The Bertz CT molecular complexity index is 1360. The summed E-state index contributed by atoms with van der Waals surface area (Å²) in [5.74, 6) is -0.721. The molecule has 380 valence electrons. The van der Waals surface area contributed by atoms with Gasteiger partial charge in [-0.2, -0.15) is 8.42 Å². The minimum atomic E-state index is -5.13. The Morgan fingerprint density at radius 2 is 1.08 bits per heavy atom. The van der Waals surface area contributed by atoms with Gasteiger partial charge in [0.1, 0.15) is 30.5 Å². The van der Waals surface area contributed by atoms with E-state index >= 15 is 0 Å². The van der Waals surface area contributed by atoms with Gasteiger partial charge in [0, 0.05) is 0 Å². The SMILES string of the molecule is CCCCCCCCCC/C=C/CC/C=C/C(O)C(COC1OC(CO)C(O)C(OS(=O)(=O)O)C1O)NC(=O)C(O)CCCCCCCC/C=C\C/C=C\CCCCCCCCCCC. The number of hydrogen-bond acceptors (Lipinski definition) is 11. The molecule has 65 heavy (non-hydrogen) atoms. The van der Waals surface area contributed by atoms with Crippen molar-refractivity contribution in [2.75, 3.05) is 13.2 Å². The van der Waals surface area contributed by atoms with Gasteiger partial charge in [0.15, 0.2) is 6.29 Å². The van der Waals surface area contributed by atoms with E-state index < -0.39 is 78.5 Å². The van der Waals surface area contributed by atoms with E-state index in [1.165, 1.54) is 115 Å². The van der Waals surface area contributed by atoms with Crippen molar-refractivity contribution in [2.24, 2.45) is 0 Å². The number of carbonyl (C=O) groups is 1. The van der Waals surface area contributed by atoms with Gasteiger partial charge < -0.3 is 40.3 Å². The molecule has 0 aliphatic carbocycles. The van der Waals surface area contributed by atoms with Crippen LogP contribution >= 0.6 is 0 Å². The van der Waals surface area contributed by atoms with Gasteiger partial charge in [-0.3, -0.25) is 9.35 Å². The minimum Gasteiger partial charge on any atom is -0.394 e. The van der Waals surface area contributed by atoms with E-state index in [4.69, 9.17) is 9.47 Å². The molecule has 8 unspecified atom stereocenters. The molecule has 1 fully saturated rings.